The molecular weight excluding hydrogens is 403 g/mol. The van der Waals surface area contributed by atoms with Gasteiger partial charge in [-0.1, -0.05) is 17.3 Å². The van der Waals surface area contributed by atoms with E-state index in [-0.39, 0.29) is 12.4 Å². The zero-order valence-electron chi connectivity index (χ0n) is 17.0. The number of hydrogen-bond donors (Lipinski definition) is 2. The zero-order chi connectivity index (χ0) is 21.6. The summed E-state index contributed by atoms with van der Waals surface area (Å²) in [6.45, 7) is 3.08. The average Bonchev–Trinajstić information content (AvgIpc) is 3.38. The van der Waals surface area contributed by atoms with Gasteiger partial charge in [-0.2, -0.15) is 0 Å². The third-order valence-corrected chi connectivity index (χ3v) is 4.56. The molecule has 0 aliphatic rings. The van der Waals surface area contributed by atoms with Crippen LogP contribution in [0.25, 0.3) is 22.4 Å². The SMILES string of the molecule is Cc1cc(-c2cc3cc(OCCNC[C@H](O)COc4ccccc4F)ccc3o2)no1. The summed E-state index contributed by atoms with van der Waals surface area (Å²) in [6.07, 6.45) is -0.763. The van der Waals surface area contributed by atoms with E-state index >= 15 is 0 Å². The van der Waals surface area contributed by atoms with Crippen LogP contribution in [0, 0.1) is 12.7 Å². The van der Waals surface area contributed by atoms with E-state index in [2.05, 4.69) is 10.5 Å². The van der Waals surface area contributed by atoms with E-state index in [0.29, 0.717) is 36.9 Å². The van der Waals surface area contributed by atoms with Gasteiger partial charge in [-0.3, -0.25) is 0 Å². The lowest BCUT2D eigenvalue weighted by atomic mass is 10.2. The van der Waals surface area contributed by atoms with Crippen molar-refractivity contribution >= 4 is 11.0 Å². The topological polar surface area (TPSA) is 89.9 Å². The lowest BCUT2D eigenvalue weighted by molar-refractivity contribution is 0.103. The minimum atomic E-state index is -0.763. The van der Waals surface area contributed by atoms with Gasteiger partial charge in [-0.15, -0.1) is 0 Å². The molecule has 0 saturated heterocycles. The number of aliphatic hydroxyl groups excluding tert-OH is 1. The molecule has 0 aliphatic heterocycles. The van der Waals surface area contributed by atoms with Crippen LogP contribution < -0.4 is 14.8 Å². The summed E-state index contributed by atoms with van der Waals surface area (Å²) in [7, 11) is 0. The molecule has 4 rings (SSSR count). The van der Waals surface area contributed by atoms with Crippen LogP contribution in [0.15, 0.2) is 63.5 Å². The van der Waals surface area contributed by atoms with Crippen LogP contribution in [0.3, 0.4) is 0 Å². The number of furan rings is 1. The van der Waals surface area contributed by atoms with Gasteiger partial charge in [0, 0.05) is 24.5 Å². The first-order valence-electron chi connectivity index (χ1n) is 9.95. The van der Waals surface area contributed by atoms with E-state index in [4.69, 9.17) is 18.4 Å². The lowest BCUT2D eigenvalue weighted by Gasteiger charge is -2.14. The van der Waals surface area contributed by atoms with Crippen LogP contribution in [0.1, 0.15) is 5.76 Å². The maximum absolute atomic E-state index is 13.5. The Labute approximate surface area is 178 Å². The van der Waals surface area contributed by atoms with Gasteiger partial charge >= 0.3 is 0 Å². The summed E-state index contributed by atoms with van der Waals surface area (Å²) in [4.78, 5) is 0. The molecule has 0 saturated carbocycles. The summed E-state index contributed by atoms with van der Waals surface area (Å²) >= 11 is 0. The number of fused-ring (bicyclic) bond motifs is 1. The Morgan fingerprint density at radius 2 is 2.00 bits per heavy atom. The molecule has 1 atom stereocenters. The van der Waals surface area contributed by atoms with Gasteiger partial charge in [0.05, 0.1) is 0 Å². The Bertz CT molecular complexity index is 1140. The standard InChI is InChI=1S/C23H23FN2O5/c1-15-10-20(26-31-15)23-12-16-11-18(6-7-21(16)30-23)28-9-8-25-13-17(27)14-29-22-5-3-2-4-19(22)24/h2-7,10-12,17,25,27H,8-9,13-14H2,1H3/t17-/m0/s1. The fourth-order valence-electron chi connectivity index (χ4n) is 3.04. The second-order valence-corrected chi connectivity index (χ2v) is 7.08. The highest BCUT2D eigenvalue weighted by Crippen LogP contribution is 2.29. The van der Waals surface area contributed by atoms with E-state index in [1.54, 1.807) is 12.1 Å². The Balaban J connectivity index is 1.20. The second-order valence-electron chi connectivity index (χ2n) is 7.08. The molecule has 0 bridgehead atoms. The van der Waals surface area contributed by atoms with Crippen molar-refractivity contribution in [3.8, 4) is 23.0 Å². The van der Waals surface area contributed by atoms with Crippen molar-refractivity contribution in [3.05, 3.63) is 66.2 Å². The third-order valence-electron chi connectivity index (χ3n) is 4.56. The number of nitrogens with one attached hydrogen (secondary N) is 1. The minimum absolute atomic E-state index is 0.000669. The first-order valence-corrected chi connectivity index (χ1v) is 9.95. The fraction of sp³-hybridized carbons (Fsp3) is 0.261. The van der Waals surface area contributed by atoms with Gasteiger partial charge in [0.15, 0.2) is 17.3 Å². The van der Waals surface area contributed by atoms with Crippen LogP contribution in [0.5, 0.6) is 11.5 Å². The summed E-state index contributed by atoms with van der Waals surface area (Å²) in [5, 5.41) is 17.9. The van der Waals surface area contributed by atoms with E-state index < -0.39 is 11.9 Å². The van der Waals surface area contributed by atoms with E-state index in [9.17, 15) is 9.50 Å². The number of ether oxygens (including phenoxy) is 2. The Hall–Kier alpha value is -3.36. The van der Waals surface area contributed by atoms with Crippen molar-refractivity contribution in [1.29, 1.82) is 0 Å². The second kappa shape index (κ2) is 9.63. The molecule has 0 unspecified atom stereocenters. The largest absolute Gasteiger partial charge is 0.492 e. The molecule has 8 heteroatoms. The van der Waals surface area contributed by atoms with Gasteiger partial charge < -0.3 is 28.8 Å². The van der Waals surface area contributed by atoms with E-state index in [1.165, 1.54) is 12.1 Å². The summed E-state index contributed by atoms with van der Waals surface area (Å²) in [5.74, 6) is 1.74. The molecular formula is C23H23FN2O5. The van der Waals surface area contributed by atoms with Crippen LogP contribution in [-0.4, -0.2) is 42.7 Å². The van der Waals surface area contributed by atoms with Crippen LogP contribution in [0.2, 0.25) is 0 Å². The van der Waals surface area contributed by atoms with Crippen molar-refractivity contribution in [2.75, 3.05) is 26.3 Å². The zero-order valence-corrected chi connectivity index (χ0v) is 17.0. The molecule has 2 N–H and O–H groups in total. The Morgan fingerprint density at radius 3 is 2.81 bits per heavy atom. The van der Waals surface area contributed by atoms with Crippen molar-refractivity contribution in [2.24, 2.45) is 0 Å². The van der Waals surface area contributed by atoms with E-state index in [1.807, 2.05) is 37.3 Å². The first kappa shape index (κ1) is 20.9. The predicted molar refractivity (Wildman–Crippen MR) is 113 cm³/mol. The number of aromatic nitrogens is 1. The number of nitrogens with zero attached hydrogens (tertiary/aromatic N) is 1. The molecule has 2 heterocycles. The van der Waals surface area contributed by atoms with Gasteiger partial charge in [-0.05, 0) is 43.3 Å². The molecule has 0 spiro atoms. The highest BCUT2D eigenvalue weighted by atomic mass is 19.1. The normalized spacial score (nSPS) is 12.2. The Morgan fingerprint density at radius 1 is 1.13 bits per heavy atom. The van der Waals surface area contributed by atoms with Crippen molar-refractivity contribution in [3.63, 3.8) is 0 Å². The number of halogens is 1. The number of aryl methyl sites for hydroxylation is 1. The highest BCUT2D eigenvalue weighted by molar-refractivity contribution is 5.83. The molecule has 31 heavy (non-hydrogen) atoms. The maximum atomic E-state index is 13.5. The molecule has 2 aromatic heterocycles. The summed E-state index contributed by atoms with van der Waals surface area (Å²) in [5.41, 5.74) is 1.39. The number of para-hydroxylation sites is 1. The van der Waals surface area contributed by atoms with Crippen LogP contribution in [0.4, 0.5) is 4.39 Å². The molecule has 0 amide bonds. The molecule has 4 aromatic rings. The lowest BCUT2D eigenvalue weighted by Crippen LogP contribution is -2.33. The van der Waals surface area contributed by atoms with Crippen LogP contribution >= 0.6 is 0 Å². The molecule has 0 radical (unpaired) electrons. The fourth-order valence-corrected chi connectivity index (χ4v) is 3.04. The Kier molecular flexibility index (Phi) is 6.49. The quantitative estimate of drug-likeness (QED) is 0.371. The molecule has 162 valence electrons. The maximum Gasteiger partial charge on any atom is 0.165 e. The molecule has 0 fully saturated rings. The molecule has 2 aromatic carbocycles. The molecule has 0 aliphatic carbocycles. The summed E-state index contributed by atoms with van der Waals surface area (Å²) < 4.78 is 35.4. The van der Waals surface area contributed by atoms with Gasteiger partial charge in [0.2, 0.25) is 0 Å². The van der Waals surface area contributed by atoms with Gasteiger partial charge in [0.25, 0.3) is 0 Å². The number of hydrogen-bond acceptors (Lipinski definition) is 7. The molecule has 7 nitrogen and oxygen atoms in total. The van der Waals surface area contributed by atoms with Crippen molar-refractivity contribution in [2.45, 2.75) is 13.0 Å². The summed E-state index contributed by atoms with van der Waals surface area (Å²) in [6, 6.07) is 15.4. The van der Waals surface area contributed by atoms with Gasteiger partial charge in [-0.25, -0.2) is 4.39 Å². The highest BCUT2D eigenvalue weighted by Gasteiger charge is 2.11. The predicted octanol–water partition coefficient (Wildman–Crippen LogP) is 3.94. The number of benzene rings is 2. The van der Waals surface area contributed by atoms with Crippen molar-refractivity contribution in [1.82, 2.24) is 10.5 Å². The minimum Gasteiger partial charge on any atom is -0.492 e. The smallest absolute Gasteiger partial charge is 0.165 e. The average molecular weight is 426 g/mol. The third kappa shape index (κ3) is 5.42. The monoisotopic (exact) mass is 426 g/mol. The van der Waals surface area contributed by atoms with E-state index in [0.717, 1.165) is 16.7 Å². The van der Waals surface area contributed by atoms with Gasteiger partial charge in [0.1, 0.15) is 42.1 Å². The van der Waals surface area contributed by atoms with Crippen molar-refractivity contribution < 1.29 is 27.9 Å². The first-order chi connectivity index (χ1) is 15.1. The van der Waals surface area contributed by atoms with Crippen LogP contribution in [-0.2, 0) is 0 Å². The number of aliphatic hydroxyl groups is 1. The number of rotatable bonds is 10.